The Bertz CT molecular complexity index is 1370. The number of benzene rings is 2. The quantitative estimate of drug-likeness (QED) is 0.242. The molecule has 3 aromatic rings. The maximum Gasteiger partial charge on any atom is 0.246 e. The summed E-state index contributed by atoms with van der Waals surface area (Å²) in [6, 6.07) is 6.76. The van der Waals surface area contributed by atoms with Gasteiger partial charge in [-0.05, 0) is 55.9 Å². The molecule has 1 fully saturated rings. The number of likely N-dealkylation sites (tertiary alicyclic amines) is 1. The van der Waals surface area contributed by atoms with Gasteiger partial charge in [0, 0.05) is 36.0 Å². The minimum absolute atomic E-state index is 0.0628. The number of aryl methyl sites for hydroxylation is 1. The van der Waals surface area contributed by atoms with Gasteiger partial charge in [-0.3, -0.25) is 19.9 Å². The van der Waals surface area contributed by atoms with Crippen molar-refractivity contribution in [3.63, 3.8) is 0 Å². The monoisotopic (exact) mass is 526 g/mol. The highest BCUT2D eigenvalue weighted by Crippen LogP contribution is 2.30. The van der Waals surface area contributed by atoms with Crippen molar-refractivity contribution in [3.8, 4) is 17.6 Å². The van der Waals surface area contributed by atoms with E-state index in [-0.39, 0.29) is 18.5 Å². The maximum atomic E-state index is 14.0. The Morgan fingerprint density at radius 1 is 1.26 bits per heavy atom. The number of aromatic nitrogens is 1. The minimum atomic E-state index is -1.05. The number of piperidine rings is 1. The first kappa shape index (κ1) is 27.2. The Morgan fingerprint density at radius 3 is 2.74 bits per heavy atom. The maximum absolute atomic E-state index is 14.0. The molecule has 0 saturated carbocycles. The van der Waals surface area contributed by atoms with Crippen molar-refractivity contribution in [3.05, 3.63) is 65.1 Å². The number of pyridine rings is 1. The number of ether oxygens (including phenoxy) is 1. The number of hydroxylamine groups is 1. The zero-order chi connectivity index (χ0) is 27.2. The average molecular weight is 527 g/mol. The fourth-order valence-electron chi connectivity index (χ4n) is 4.99. The molecule has 2 unspecified atom stereocenters. The van der Waals surface area contributed by atoms with E-state index in [1.165, 1.54) is 0 Å². The number of nitrogen functional groups attached to an aromatic ring is 1. The van der Waals surface area contributed by atoms with Crippen molar-refractivity contribution in [2.24, 2.45) is 5.92 Å². The van der Waals surface area contributed by atoms with Gasteiger partial charge in [0.25, 0.3) is 0 Å². The summed E-state index contributed by atoms with van der Waals surface area (Å²) in [5.74, 6) is 2.07. The Hall–Kier alpha value is -3.81. The second-order valence-electron chi connectivity index (χ2n) is 9.34. The molecule has 0 aliphatic carbocycles. The number of nitrogens with one attached hydrogen (secondary N) is 1. The van der Waals surface area contributed by atoms with Crippen LogP contribution in [0.5, 0.6) is 5.75 Å². The normalized spacial score (nSPS) is 17.6. The largest absolute Gasteiger partial charge is 0.497 e. The molecular formula is C28H29F3N4O3. The Kier molecular flexibility index (Phi) is 8.71. The van der Waals surface area contributed by atoms with Crippen LogP contribution >= 0.6 is 0 Å². The van der Waals surface area contributed by atoms with E-state index < -0.39 is 28.9 Å². The highest BCUT2D eigenvalue weighted by molar-refractivity contribution is 5.87. The van der Waals surface area contributed by atoms with Crippen molar-refractivity contribution in [1.82, 2.24) is 15.4 Å². The van der Waals surface area contributed by atoms with Gasteiger partial charge in [0.2, 0.25) is 5.91 Å². The first-order valence-corrected chi connectivity index (χ1v) is 12.3. The van der Waals surface area contributed by atoms with Crippen LogP contribution in [0.15, 0.2) is 36.5 Å². The summed E-state index contributed by atoms with van der Waals surface area (Å²) < 4.78 is 46.5. The van der Waals surface area contributed by atoms with Gasteiger partial charge >= 0.3 is 0 Å². The zero-order valence-corrected chi connectivity index (χ0v) is 20.9. The smallest absolute Gasteiger partial charge is 0.246 e. The van der Waals surface area contributed by atoms with Crippen molar-refractivity contribution >= 4 is 22.5 Å². The molecule has 2 aromatic carbocycles. The molecule has 7 nitrogen and oxygen atoms in total. The van der Waals surface area contributed by atoms with Crippen molar-refractivity contribution in [2.75, 3.05) is 25.9 Å². The molecule has 0 spiro atoms. The fourth-order valence-corrected chi connectivity index (χ4v) is 4.99. The third-order valence-corrected chi connectivity index (χ3v) is 7.01. The van der Waals surface area contributed by atoms with E-state index in [0.717, 1.165) is 22.9 Å². The lowest BCUT2D eigenvalue weighted by atomic mass is 9.87. The average Bonchev–Trinajstić information content (AvgIpc) is 2.91. The topological polar surface area (TPSA) is 101 Å². The van der Waals surface area contributed by atoms with Crippen LogP contribution in [0.1, 0.15) is 36.8 Å². The number of rotatable bonds is 7. The van der Waals surface area contributed by atoms with Crippen LogP contribution in [0.4, 0.5) is 18.9 Å². The molecule has 38 heavy (non-hydrogen) atoms. The summed E-state index contributed by atoms with van der Waals surface area (Å²) >= 11 is 0. The number of carbonyl (C=O) groups is 1. The third-order valence-electron chi connectivity index (χ3n) is 7.01. The van der Waals surface area contributed by atoms with Crippen molar-refractivity contribution in [1.29, 1.82) is 0 Å². The second kappa shape index (κ2) is 12.2. The molecule has 10 heteroatoms. The number of methoxy groups -OCH3 is 1. The van der Waals surface area contributed by atoms with Crippen molar-refractivity contribution in [2.45, 2.75) is 38.1 Å². The number of nitrogens with two attached hydrogens (primary N) is 1. The first-order valence-electron chi connectivity index (χ1n) is 12.3. The van der Waals surface area contributed by atoms with Crippen LogP contribution in [-0.2, 0) is 11.2 Å². The van der Waals surface area contributed by atoms with Gasteiger partial charge < -0.3 is 10.5 Å². The van der Waals surface area contributed by atoms with E-state index in [4.69, 9.17) is 15.7 Å². The first-order chi connectivity index (χ1) is 18.3. The number of amides is 1. The van der Waals surface area contributed by atoms with Crippen LogP contribution < -0.4 is 16.0 Å². The van der Waals surface area contributed by atoms with Crippen LogP contribution in [0.25, 0.3) is 10.9 Å². The van der Waals surface area contributed by atoms with Gasteiger partial charge in [0.15, 0.2) is 0 Å². The Labute approximate surface area is 218 Å². The number of halogens is 3. The molecule has 1 amide bonds. The lowest BCUT2D eigenvalue weighted by molar-refractivity contribution is -0.135. The Morgan fingerprint density at radius 2 is 2.03 bits per heavy atom. The van der Waals surface area contributed by atoms with Crippen molar-refractivity contribution < 1.29 is 27.9 Å². The van der Waals surface area contributed by atoms with E-state index in [2.05, 4.69) is 21.7 Å². The number of hydrogen-bond acceptors (Lipinski definition) is 6. The van der Waals surface area contributed by atoms with Gasteiger partial charge in [-0.1, -0.05) is 11.8 Å². The molecule has 1 saturated heterocycles. The summed E-state index contributed by atoms with van der Waals surface area (Å²) in [5, 5.41) is 10.0. The molecule has 1 aliphatic rings. The van der Waals surface area contributed by atoms with E-state index >= 15 is 0 Å². The molecule has 1 aromatic heterocycles. The molecule has 4 rings (SSSR count). The van der Waals surface area contributed by atoms with E-state index in [9.17, 15) is 18.0 Å². The molecule has 2 heterocycles. The summed E-state index contributed by atoms with van der Waals surface area (Å²) in [6.45, 7) is 0.731. The summed E-state index contributed by atoms with van der Waals surface area (Å²) in [6.07, 6.45) is 4.74. The van der Waals surface area contributed by atoms with Gasteiger partial charge in [0.05, 0.1) is 36.6 Å². The highest BCUT2D eigenvalue weighted by atomic mass is 19.1. The highest BCUT2D eigenvalue weighted by Gasteiger charge is 2.31. The number of fused-ring (bicyclic) bond motifs is 1. The zero-order valence-electron chi connectivity index (χ0n) is 20.9. The molecule has 200 valence electrons. The Balaban J connectivity index is 1.49. The predicted octanol–water partition coefficient (Wildman–Crippen LogP) is 4.20. The van der Waals surface area contributed by atoms with Gasteiger partial charge in [0.1, 0.15) is 23.2 Å². The van der Waals surface area contributed by atoms with Crippen LogP contribution in [-0.4, -0.2) is 47.2 Å². The third kappa shape index (κ3) is 6.18. The molecule has 0 radical (unpaired) electrons. The minimum Gasteiger partial charge on any atom is -0.497 e. The summed E-state index contributed by atoms with van der Waals surface area (Å²) in [4.78, 5) is 18.6. The summed E-state index contributed by atoms with van der Waals surface area (Å²) in [5.41, 5.74) is 9.87. The van der Waals surface area contributed by atoms with Crippen LogP contribution in [0.3, 0.4) is 0 Å². The van der Waals surface area contributed by atoms with Crippen LogP contribution in [0.2, 0.25) is 0 Å². The second-order valence-corrected chi connectivity index (χ2v) is 9.34. The predicted molar refractivity (Wildman–Crippen MR) is 137 cm³/mol. The SMILES string of the molecule is COc1ccc2ncc(N)c(CCCC3CC(C(=O)NO)CCN3CC#Cc3c(F)cc(F)cc3F)c2c1. The standard InChI is InChI=1S/C28H29F3N4O3/c1-38-20-7-8-27-23(15-20)21(26(32)16-33-27)5-2-4-19-12-17(28(36)34-37)9-11-35(19)10-3-6-22-24(30)13-18(29)14-25(22)31/h7-8,13-17,19,37H,2,4-5,9-12,32H2,1H3,(H,34,36). The molecule has 2 atom stereocenters. The van der Waals surface area contributed by atoms with Crippen LogP contribution in [0, 0.1) is 35.2 Å². The lowest BCUT2D eigenvalue weighted by Gasteiger charge is -2.38. The van der Waals surface area contributed by atoms with Gasteiger partial charge in [-0.25, -0.2) is 18.7 Å². The molecular weight excluding hydrogens is 497 g/mol. The molecule has 0 bridgehead atoms. The number of carbonyl (C=O) groups excluding carboxylic acids is 1. The van der Waals surface area contributed by atoms with E-state index in [1.54, 1.807) is 18.8 Å². The fraction of sp³-hybridized carbons (Fsp3) is 0.357. The van der Waals surface area contributed by atoms with Gasteiger partial charge in [-0.2, -0.15) is 0 Å². The number of nitrogens with zero attached hydrogens (tertiary/aromatic N) is 2. The van der Waals surface area contributed by atoms with Gasteiger partial charge in [-0.15, -0.1) is 0 Å². The van der Waals surface area contributed by atoms with E-state index in [0.29, 0.717) is 55.8 Å². The number of hydrogen-bond donors (Lipinski definition) is 3. The van der Waals surface area contributed by atoms with E-state index in [1.807, 2.05) is 18.2 Å². The number of anilines is 1. The summed E-state index contributed by atoms with van der Waals surface area (Å²) in [7, 11) is 1.60. The lowest BCUT2D eigenvalue weighted by Crippen LogP contribution is -2.46. The molecule has 1 aliphatic heterocycles. The molecule has 4 N–H and O–H groups in total.